The van der Waals surface area contributed by atoms with Crippen LogP contribution in [0.2, 0.25) is 5.15 Å². The number of hydrogen-bond acceptors (Lipinski definition) is 4. The normalized spacial score (nSPS) is 12.8. The van der Waals surface area contributed by atoms with Crippen LogP contribution in [0.1, 0.15) is 5.69 Å². The van der Waals surface area contributed by atoms with Gasteiger partial charge < -0.3 is 9.47 Å². The first-order valence-corrected chi connectivity index (χ1v) is 6.41. The molecule has 1 aliphatic rings. The van der Waals surface area contributed by atoms with Gasteiger partial charge in [0.15, 0.2) is 17.3 Å². The number of fused-ring (bicyclic) bond motifs is 1. The Morgan fingerprint density at radius 3 is 2.83 bits per heavy atom. The van der Waals surface area contributed by atoms with Crippen molar-refractivity contribution in [2.75, 3.05) is 6.79 Å². The molecule has 6 heteroatoms. The predicted octanol–water partition coefficient (Wildman–Crippen LogP) is 3.60. The molecule has 0 saturated carbocycles. The lowest BCUT2D eigenvalue weighted by molar-refractivity contribution is 0.173. The van der Waals surface area contributed by atoms with E-state index in [-0.39, 0.29) is 6.79 Å². The average molecular weight is 328 g/mol. The van der Waals surface area contributed by atoms with Crippen LogP contribution in [0.3, 0.4) is 0 Å². The minimum Gasteiger partial charge on any atom is -0.454 e. The Morgan fingerprint density at radius 2 is 2.06 bits per heavy atom. The molecule has 3 rings (SSSR count). The van der Waals surface area contributed by atoms with Crippen LogP contribution in [0.5, 0.6) is 11.5 Å². The summed E-state index contributed by atoms with van der Waals surface area (Å²) in [5, 5.41) is 0.422. The van der Waals surface area contributed by atoms with E-state index in [0.29, 0.717) is 22.5 Å². The smallest absolute Gasteiger partial charge is 0.231 e. The van der Waals surface area contributed by atoms with Crippen molar-refractivity contribution in [3.8, 4) is 22.9 Å². The number of nitrogens with zero attached hydrogens (tertiary/aromatic N) is 2. The van der Waals surface area contributed by atoms with Crippen LogP contribution in [-0.2, 0) is 0 Å². The van der Waals surface area contributed by atoms with E-state index in [4.69, 9.17) is 21.1 Å². The van der Waals surface area contributed by atoms with Gasteiger partial charge in [0.05, 0.1) is 4.47 Å². The summed E-state index contributed by atoms with van der Waals surface area (Å²) < 4.78 is 11.5. The number of halogens is 2. The first-order chi connectivity index (χ1) is 8.63. The van der Waals surface area contributed by atoms with Gasteiger partial charge in [0.25, 0.3) is 0 Å². The van der Waals surface area contributed by atoms with E-state index in [1.165, 1.54) is 0 Å². The van der Waals surface area contributed by atoms with Crippen LogP contribution in [0, 0.1) is 6.92 Å². The molecule has 1 aliphatic heterocycles. The van der Waals surface area contributed by atoms with E-state index in [1.54, 1.807) is 6.07 Å². The van der Waals surface area contributed by atoms with E-state index in [2.05, 4.69) is 25.9 Å². The van der Waals surface area contributed by atoms with Gasteiger partial charge in [0.1, 0.15) is 5.15 Å². The van der Waals surface area contributed by atoms with E-state index >= 15 is 0 Å². The SMILES string of the molecule is Cc1cc(Cl)nc(-c2cc(Br)c3c(c2)OCO3)n1. The zero-order valence-corrected chi connectivity index (χ0v) is 11.7. The Morgan fingerprint density at radius 1 is 1.22 bits per heavy atom. The van der Waals surface area contributed by atoms with Gasteiger partial charge in [-0.1, -0.05) is 11.6 Å². The number of aromatic nitrogens is 2. The molecule has 0 N–H and O–H groups in total. The van der Waals surface area contributed by atoms with Gasteiger partial charge in [0, 0.05) is 11.3 Å². The van der Waals surface area contributed by atoms with Crippen LogP contribution in [0.4, 0.5) is 0 Å². The largest absolute Gasteiger partial charge is 0.454 e. The van der Waals surface area contributed by atoms with Crippen molar-refractivity contribution in [1.29, 1.82) is 0 Å². The Balaban J connectivity index is 2.15. The molecule has 1 aromatic heterocycles. The Hall–Kier alpha value is -1.33. The second-order valence-electron chi connectivity index (χ2n) is 3.85. The standard InChI is InChI=1S/C12H8BrClN2O2/c1-6-2-10(14)16-12(15-6)7-3-8(13)11-9(4-7)17-5-18-11/h2-4H,5H2,1H3. The molecule has 0 bridgehead atoms. The Bertz CT molecular complexity index is 613. The molecule has 4 nitrogen and oxygen atoms in total. The van der Waals surface area contributed by atoms with Crippen LogP contribution < -0.4 is 9.47 Å². The fourth-order valence-electron chi connectivity index (χ4n) is 1.76. The monoisotopic (exact) mass is 326 g/mol. The molecule has 0 aliphatic carbocycles. The number of benzene rings is 1. The highest BCUT2D eigenvalue weighted by Gasteiger charge is 2.19. The molecule has 0 unspecified atom stereocenters. The molecular weight excluding hydrogens is 320 g/mol. The minimum absolute atomic E-state index is 0.229. The number of rotatable bonds is 1. The molecule has 0 fully saturated rings. The first-order valence-electron chi connectivity index (χ1n) is 5.24. The van der Waals surface area contributed by atoms with E-state index < -0.39 is 0 Å². The topological polar surface area (TPSA) is 44.2 Å². The van der Waals surface area contributed by atoms with Gasteiger partial charge in [-0.15, -0.1) is 0 Å². The zero-order valence-electron chi connectivity index (χ0n) is 9.41. The molecule has 0 atom stereocenters. The summed E-state index contributed by atoms with van der Waals surface area (Å²) in [6.07, 6.45) is 0. The molecule has 0 saturated heterocycles. The highest BCUT2D eigenvalue weighted by Crippen LogP contribution is 2.41. The summed E-state index contributed by atoms with van der Waals surface area (Å²) in [5.41, 5.74) is 1.65. The van der Waals surface area contributed by atoms with Crippen molar-refractivity contribution < 1.29 is 9.47 Å². The highest BCUT2D eigenvalue weighted by atomic mass is 79.9. The quantitative estimate of drug-likeness (QED) is 0.751. The fraction of sp³-hybridized carbons (Fsp3) is 0.167. The first kappa shape index (κ1) is 11.7. The number of hydrogen-bond donors (Lipinski definition) is 0. The van der Waals surface area contributed by atoms with Crippen molar-refractivity contribution in [1.82, 2.24) is 9.97 Å². The van der Waals surface area contributed by atoms with Crippen molar-refractivity contribution in [3.63, 3.8) is 0 Å². The molecule has 2 heterocycles. The second-order valence-corrected chi connectivity index (χ2v) is 5.09. The summed E-state index contributed by atoms with van der Waals surface area (Å²) in [7, 11) is 0. The number of aryl methyl sites for hydroxylation is 1. The maximum atomic E-state index is 5.94. The Kier molecular flexibility index (Phi) is 2.87. The summed E-state index contributed by atoms with van der Waals surface area (Å²) in [4.78, 5) is 8.57. The predicted molar refractivity (Wildman–Crippen MR) is 71.0 cm³/mol. The second kappa shape index (κ2) is 4.40. The van der Waals surface area contributed by atoms with Crippen molar-refractivity contribution in [3.05, 3.63) is 33.5 Å². The molecule has 2 aromatic rings. The molecule has 0 spiro atoms. The van der Waals surface area contributed by atoms with Gasteiger partial charge in [0.2, 0.25) is 6.79 Å². The van der Waals surface area contributed by atoms with Gasteiger partial charge >= 0.3 is 0 Å². The minimum atomic E-state index is 0.229. The third-order valence-corrected chi connectivity index (χ3v) is 3.29. The number of ether oxygens (including phenoxy) is 2. The molecule has 0 radical (unpaired) electrons. The Labute approximate surface area is 117 Å². The van der Waals surface area contributed by atoms with E-state index in [0.717, 1.165) is 15.7 Å². The summed E-state index contributed by atoms with van der Waals surface area (Å²) in [6.45, 7) is 2.10. The third-order valence-electron chi connectivity index (χ3n) is 2.51. The van der Waals surface area contributed by atoms with Crippen LogP contribution in [0.25, 0.3) is 11.4 Å². The summed E-state index contributed by atoms with van der Waals surface area (Å²) in [5.74, 6) is 1.96. The molecule has 0 amide bonds. The maximum absolute atomic E-state index is 5.94. The molecule has 18 heavy (non-hydrogen) atoms. The van der Waals surface area contributed by atoms with Crippen molar-refractivity contribution in [2.45, 2.75) is 6.92 Å². The van der Waals surface area contributed by atoms with Crippen LogP contribution >= 0.6 is 27.5 Å². The van der Waals surface area contributed by atoms with Gasteiger partial charge in [-0.3, -0.25) is 0 Å². The van der Waals surface area contributed by atoms with Gasteiger partial charge in [-0.2, -0.15) is 0 Å². The van der Waals surface area contributed by atoms with Gasteiger partial charge in [-0.25, -0.2) is 9.97 Å². The zero-order chi connectivity index (χ0) is 12.7. The van der Waals surface area contributed by atoms with Gasteiger partial charge in [-0.05, 0) is 41.1 Å². The fourth-order valence-corrected chi connectivity index (χ4v) is 2.55. The lowest BCUT2D eigenvalue weighted by Crippen LogP contribution is -1.93. The molecule has 92 valence electrons. The van der Waals surface area contributed by atoms with E-state index in [9.17, 15) is 0 Å². The molecular formula is C12H8BrClN2O2. The van der Waals surface area contributed by atoms with Crippen LogP contribution in [-0.4, -0.2) is 16.8 Å². The third kappa shape index (κ3) is 2.04. The average Bonchev–Trinajstić information content (AvgIpc) is 2.76. The van der Waals surface area contributed by atoms with Crippen LogP contribution in [0.15, 0.2) is 22.7 Å². The lowest BCUT2D eigenvalue weighted by atomic mass is 10.2. The van der Waals surface area contributed by atoms with Crippen molar-refractivity contribution in [2.24, 2.45) is 0 Å². The lowest BCUT2D eigenvalue weighted by Gasteiger charge is -2.05. The maximum Gasteiger partial charge on any atom is 0.231 e. The van der Waals surface area contributed by atoms with Crippen molar-refractivity contribution >= 4 is 27.5 Å². The molecule has 1 aromatic carbocycles. The summed E-state index contributed by atoms with van der Waals surface area (Å²) >= 11 is 9.38. The highest BCUT2D eigenvalue weighted by molar-refractivity contribution is 9.10. The van der Waals surface area contributed by atoms with E-state index in [1.807, 2.05) is 19.1 Å². The summed E-state index contributed by atoms with van der Waals surface area (Å²) in [6, 6.07) is 5.45.